The maximum Gasteiger partial charge on any atom is 0.257 e. The van der Waals surface area contributed by atoms with Crippen LogP contribution in [-0.2, 0) is 16.1 Å². The molecule has 200 valence electrons. The summed E-state index contributed by atoms with van der Waals surface area (Å²) in [6.07, 6.45) is 13.9. The number of amides is 2. The van der Waals surface area contributed by atoms with Gasteiger partial charge in [0, 0.05) is 57.0 Å². The molecule has 0 saturated carbocycles. The number of imidazole rings is 1. The van der Waals surface area contributed by atoms with Crippen LogP contribution in [0.25, 0.3) is 0 Å². The monoisotopic (exact) mass is 508 g/mol. The summed E-state index contributed by atoms with van der Waals surface area (Å²) in [5.41, 5.74) is 0.649. The van der Waals surface area contributed by atoms with Crippen molar-refractivity contribution in [2.45, 2.75) is 70.4 Å². The lowest BCUT2D eigenvalue weighted by atomic mass is 9.75. The fraction of sp³-hybridized carbons (Fsp3) is 0.621. The SMILES string of the molecule is O=C(CCCn1ccnc1)N1CCC2(CCCCOC[C@@H]3CCCN3C(=O)c3ccccc3OC2)CC1. The molecule has 4 heterocycles. The molecule has 2 saturated heterocycles. The van der Waals surface area contributed by atoms with E-state index in [2.05, 4.69) is 4.98 Å². The van der Waals surface area contributed by atoms with Gasteiger partial charge in [-0.2, -0.15) is 0 Å². The summed E-state index contributed by atoms with van der Waals surface area (Å²) >= 11 is 0. The van der Waals surface area contributed by atoms with Crippen LogP contribution >= 0.6 is 0 Å². The molecule has 3 aliphatic heterocycles. The van der Waals surface area contributed by atoms with Gasteiger partial charge in [-0.3, -0.25) is 9.59 Å². The minimum absolute atomic E-state index is 0.00401. The molecule has 1 aromatic heterocycles. The number of hydrogen-bond acceptors (Lipinski definition) is 5. The van der Waals surface area contributed by atoms with Gasteiger partial charge in [-0.15, -0.1) is 0 Å². The summed E-state index contributed by atoms with van der Waals surface area (Å²) in [5.74, 6) is 0.957. The van der Waals surface area contributed by atoms with E-state index in [9.17, 15) is 9.59 Å². The van der Waals surface area contributed by atoms with E-state index in [4.69, 9.17) is 9.47 Å². The Morgan fingerprint density at radius 2 is 1.95 bits per heavy atom. The molecule has 3 aliphatic rings. The lowest BCUT2D eigenvalue weighted by Gasteiger charge is -2.42. The van der Waals surface area contributed by atoms with Gasteiger partial charge < -0.3 is 23.8 Å². The standard InChI is InChI=1S/C29H40N4O4/c34-27(10-6-15-31-19-14-30-23-31)32-17-12-29(13-18-32)11-3-4-20-36-21-24-7-5-16-33(24)28(35)25-8-1-2-9-26(25)37-22-29/h1-2,8-9,14,19,23-24H,3-7,10-13,15-18,20-22H2/t24-/m0/s1. The number of para-hydroxylation sites is 1. The Morgan fingerprint density at radius 3 is 2.78 bits per heavy atom. The fourth-order valence-corrected chi connectivity index (χ4v) is 6.04. The van der Waals surface area contributed by atoms with Crippen molar-refractivity contribution in [2.24, 2.45) is 5.41 Å². The van der Waals surface area contributed by atoms with Gasteiger partial charge in [0.05, 0.1) is 31.1 Å². The maximum atomic E-state index is 13.5. The van der Waals surface area contributed by atoms with Crippen molar-refractivity contribution in [1.82, 2.24) is 19.4 Å². The average molecular weight is 509 g/mol. The van der Waals surface area contributed by atoms with Gasteiger partial charge in [-0.25, -0.2) is 4.98 Å². The van der Waals surface area contributed by atoms with Crippen LogP contribution in [0, 0.1) is 5.41 Å². The minimum Gasteiger partial charge on any atom is -0.492 e. The highest BCUT2D eigenvalue weighted by atomic mass is 16.5. The first-order chi connectivity index (χ1) is 18.1. The smallest absolute Gasteiger partial charge is 0.257 e. The van der Waals surface area contributed by atoms with Crippen LogP contribution in [0.2, 0.25) is 0 Å². The van der Waals surface area contributed by atoms with E-state index in [0.29, 0.717) is 30.9 Å². The third-order valence-corrected chi connectivity index (χ3v) is 8.39. The molecule has 2 aromatic rings. The van der Waals surface area contributed by atoms with E-state index >= 15 is 0 Å². The largest absolute Gasteiger partial charge is 0.492 e. The summed E-state index contributed by atoms with van der Waals surface area (Å²) < 4.78 is 14.5. The van der Waals surface area contributed by atoms with Crippen molar-refractivity contribution >= 4 is 11.8 Å². The van der Waals surface area contributed by atoms with Crippen LogP contribution < -0.4 is 4.74 Å². The van der Waals surface area contributed by atoms with E-state index in [1.54, 1.807) is 12.5 Å². The zero-order valence-corrected chi connectivity index (χ0v) is 21.9. The predicted molar refractivity (Wildman–Crippen MR) is 140 cm³/mol. The van der Waals surface area contributed by atoms with Crippen LogP contribution in [0.15, 0.2) is 43.0 Å². The molecule has 1 spiro atoms. The van der Waals surface area contributed by atoms with Gasteiger partial charge in [0.15, 0.2) is 0 Å². The summed E-state index contributed by atoms with van der Waals surface area (Å²) in [6, 6.07) is 7.82. The Balaban J connectivity index is 1.23. The molecule has 1 aromatic carbocycles. The Bertz CT molecular complexity index is 1030. The number of hydrogen-bond donors (Lipinski definition) is 0. The number of fused-ring (bicyclic) bond motifs is 2. The number of benzene rings is 1. The highest BCUT2D eigenvalue weighted by Gasteiger charge is 2.37. The van der Waals surface area contributed by atoms with Crippen LogP contribution in [0.4, 0.5) is 0 Å². The second-order valence-corrected chi connectivity index (χ2v) is 10.9. The molecule has 0 aliphatic carbocycles. The Kier molecular flexibility index (Phi) is 8.44. The maximum absolute atomic E-state index is 13.5. The average Bonchev–Trinajstić information content (AvgIpc) is 3.62. The number of carbonyl (C=O) groups excluding carboxylic acids is 2. The van der Waals surface area contributed by atoms with Gasteiger partial charge in [0.1, 0.15) is 5.75 Å². The van der Waals surface area contributed by atoms with E-state index < -0.39 is 0 Å². The molecule has 37 heavy (non-hydrogen) atoms. The topological polar surface area (TPSA) is 76.9 Å². The van der Waals surface area contributed by atoms with Crippen molar-refractivity contribution in [1.29, 1.82) is 0 Å². The lowest BCUT2D eigenvalue weighted by molar-refractivity contribution is -0.134. The Morgan fingerprint density at radius 1 is 1.08 bits per heavy atom. The number of carbonyl (C=O) groups is 2. The number of piperidine rings is 1. The molecule has 0 unspecified atom stereocenters. The van der Waals surface area contributed by atoms with E-state index in [0.717, 1.165) is 84.2 Å². The third kappa shape index (κ3) is 6.35. The fourth-order valence-electron chi connectivity index (χ4n) is 6.04. The van der Waals surface area contributed by atoms with Crippen LogP contribution in [0.1, 0.15) is 68.1 Å². The van der Waals surface area contributed by atoms with Gasteiger partial charge >= 0.3 is 0 Å². The molecule has 5 rings (SSSR count). The van der Waals surface area contributed by atoms with Crippen LogP contribution in [0.5, 0.6) is 5.75 Å². The van der Waals surface area contributed by atoms with E-state index in [1.807, 2.05) is 44.8 Å². The molecule has 2 fully saturated rings. The number of aromatic nitrogens is 2. The predicted octanol–water partition coefficient (Wildman–Crippen LogP) is 4.16. The summed E-state index contributed by atoms with van der Waals surface area (Å²) in [4.78, 5) is 34.4. The van der Waals surface area contributed by atoms with Crippen molar-refractivity contribution in [3.63, 3.8) is 0 Å². The van der Waals surface area contributed by atoms with Crippen molar-refractivity contribution in [2.75, 3.05) is 39.5 Å². The molecule has 0 radical (unpaired) electrons. The quantitative estimate of drug-likeness (QED) is 0.620. The zero-order chi connectivity index (χ0) is 25.5. The van der Waals surface area contributed by atoms with Gasteiger partial charge in [-0.05, 0) is 57.1 Å². The molecule has 8 nitrogen and oxygen atoms in total. The molecule has 0 bridgehead atoms. The van der Waals surface area contributed by atoms with Gasteiger partial charge in [-0.1, -0.05) is 18.6 Å². The highest BCUT2D eigenvalue weighted by molar-refractivity contribution is 5.97. The first-order valence-corrected chi connectivity index (χ1v) is 14.0. The first-order valence-electron chi connectivity index (χ1n) is 14.0. The number of aryl methyl sites for hydroxylation is 1. The molecule has 2 amide bonds. The highest BCUT2D eigenvalue weighted by Crippen LogP contribution is 2.38. The van der Waals surface area contributed by atoms with E-state index in [1.165, 1.54) is 0 Å². The summed E-state index contributed by atoms with van der Waals surface area (Å²) in [7, 11) is 0. The van der Waals surface area contributed by atoms with Crippen molar-refractivity contribution in [3.05, 3.63) is 48.5 Å². The van der Waals surface area contributed by atoms with Crippen LogP contribution in [-0.4, -0.2) is 76.7 Å². The third-order valence-electron chi connectivity index (χ3n) is 8.39. The molecule has 0 N–H and O–H groups in total. The normalized spacial score (nSPS) is 22.7. The number of likely N-dealkylation sites (tertiary alicyclic amines) is 1. The number of nitrogens with zero attached hydrogens (tertiary/aromatic N) is 4. The van der Waals surface area contributed by atoms with Gasteiger partial charge in [0.25, 0.3) is 5.91 Å². The Hall–Kier alpha value is -2.87. The number of rotatable bonds is 4. The second-order valence-electron chi connectivity index (χ2n) is 10.9. The molecule has 8 heteroatoms. The van der Waals surface area contributed by atoms with Crippen molar-refractivity contribution < 1.29 is 19.1 Å². The summed E-state index contributed by atoms with van der Waals surface area (Å²) in [5, 5.41) is 0. The first kappa shape index (κ1) is 25.8. The van der Waals surface area contributed by atoms with Crippen LogP contribution in [0.3, 0.4) is 0 Å². The molecular formula is C29H40N4O4. The Labute approximate surface area is 219 Å². The molecular weight excluding hydrogens is 468 g/mol. The minimum atomic E-state index is 0.00401. The number of ether oxygens (including phenoxy) is 2. The summed E-state index contributed by atoms with van der Waals surface area (Å²) in [6.45, 7) is 5.03. The lowest BCUT2D eigenvalue weighted by Crippen LogP contribution is -2.45. The van der Waals surface area contributed by atoms with E-state index in [-0.39, 0.29) is 23.3 Å². The second kappa shape index (κ2) is 12.1. The van der Waals surface area contributed by atoms with Gasteiger partial charge in [0.2, 0.25) is 5.91 Å². The molecule has 1 atom stereocenters. The van der Waals surface area contributed by atoms with Crippen molar-refractivity contribution in [3.8, 4) is 5.75 Å². The zero-order valence-electron chi connectivity index (χ0n) is 21.9.